The molecule has 7 nitrogen and oxygen atoms in total. The van der Waals surface area contributed by atoms with Crippen LogP contribution in [0.25, 0.3) is 22.2 Å². The highest BCUT2D eigenvalue weighted by atomic mass is 35.5. The van der Waals surface area contributed by atoms with Gasteiger partial charge in [-0.05, 0) is 74.4 Å². The molecule has 1 aromatic heterocycles. The summed E-state index contributed by atoms with van der Waals surface area (Å²) in [5.74, 6) is -0.888. The molecule has 2 saturated carbocycles. The second kappa shape index (κ2) is 10.2. The monoisotopic (exact) mass is 578 g/mol. The number of rotatable bonds is 6. The van der Waals surface area contributed by atoms with Crippen molar-refractivity contribution in [2.45, 2.75) is 32.3 Å². The molecule has 4 aromatic rings. The molecule has 8 heteroatoms. The summed E-state index contributed by atoms with van der Waals surface area (Å²) in [5, 5.41) is 1.02. The highest BCUT2D eigenvalue weighted by molar-refractivity contribution is 6.31. The lowest BCUT2D eigenvalue weighted by Gasteiger charge is -2.19. The van der Waals surface area contributed by atoms with Gasteiger partial charge in [-0.2, -0.15) is 0 Å². The van der Waals surface area contributed by atoms with E-state index >= 15 is 0 Å². The largest absolute Gasteiger partial charge is 0.451 e. The van der Waals surface area contributed by atoms with E-state index in [4.69, 9.17) is 21.3 Å². The van der Waals surface area contributed by atoms with Gasteiger partial charge in [-0.25, -0.2) is 9.78 Å². The summed E-state index contributed by atoms with van der Waals surface area (Å²) in [4.78, 5) is 58.9. The van der Waals surface area contributed by atoms with Gasteiger partial charge in [0.15, 0.2) is 6.10 Å². The van der Waals surface area contributed by atoms with Gasteiger partial charge in [0.2, 0.25) is 17.6 Å². The first kappa shape index (κ1) is 26.5. The summed E-state index contributed by atoms with van der Waals surface area (Å²) < 4.78 is 5.62. The van der Waals surface area contributed by atoms with E-state index in [1.807, 2.05) is 6.07 Å². The van der Waals surface area contributed by atoms with Crippen molar-refractivity contribution >= 4 is 51.8 Å². The van der Waals surface area contributed by atoms with Gasteiger partial charge < -0.3 is 4.74 Å². The predicted molar refractivity (Wildman–Crippen MR) is 158 cm³/mol. The fourth-order valence-corrected chi connectivity index (χ4v) is 7.28. The zero-order valence-corrected chi connectivity index (χ0v) is 23.6. The number of para-hydroxylation sites is 1. The maximum atomic E-state index is 13.4. The number of aromatic nitrogens is 1. The molecule has 42 heavy (non-hydrogen) atoms. The van der Waals surface area contributed by atoms with Crippen molar-refractivity contribution in [2.24, 2.45) is 23.7 Å². The maximum Gasteiger partial charge on any atom is 0.339 e. The average molecular weight is 579 g/mol. The predicted octanol–water partition coefficient (Wildman–Crippen LogP) is 6.52. The molecule has 2 bridgehead atoms. The number of ether oxygens (including phenoxy) is 1. The number of carbonyl (C=O) groups excluding carboxylic acids is 4. The number of esters is 1. The molecule has 1 aliphatic heterocycles. The molecule has 210 valence electrons. The Bertz CT molecular complexity index is 1760. The fraction of sp³-hybridized carbons (Fsp3) is 0.265. The molecule has 0 spiro atoms. The van der Waals surface area contributed by atoms with Crippen molar-refractivity contribution in [3.05, 3.63) is 95.0 Å². The molecule has 3 aromatic carbocycles. The maximum absolute atomic E-state index is 13.4. The number of pyridine rings is 1. The van der Waals surface area contributed by atoms with E-state index in [9.17, 15) is 19.2 Å². The van der Waals surface area contributed by atoms with Crippen LogP contribution < -0.4 is 4.90 Å². The van der Waals surface area contributed by atoms with Gasteiger partial charge in [-0.15, -0.1) is 0 Å². The van der Waals surface area contributed by atoms with Crippen molar-refractivity contribution < 1.29 is 23.9 Å². The number of amides is 2. The fourth-order valence-electron chi connectivity index (χ4n) is 7.09. The summed E-state index contributed by atoms with van der Waals surface area (Å²) in [5.41, 5.74) is 3.01. The second-order valence-corrected chi connectivity index (χ2v) is 11.9. The lowest BCUT2D eigenvalue weighted by Crippen LogP contribution is -2.32. The Balaban J connectivity index is 1.16. The topological polar surface area (TPSA) is 93.6 Å². The Hall–Kier alpha value is -4.36. The summed E-state index contributed by atoms with van der Waals surface area (Å²) in [6.45, 7) is 1.53. The van der Waals surface area contributed by atoms with Gasteiger partial charge in [-0.1, -0.05) is 54.1 Å². The van der Waals surface area contributed by atoms with E-state index in [1.165, 1.54) is 17.9 Å². The minimum Gasteiger partial charge on any atom is -0.451 e. The van der Waals surface area contributed by atoms with Crippen LogP contribution in [0.3, 0.4) is 0 Å². The van der Waals surface area contributed by atoms with Crippen molar-refractivity contribution in [1.29, 1.82) is 0 Å². The second-order valence-electron chi connectivity index (χ2n) is 11.4. The van der Waals surface area contributed by atoms with Crippen LogP contribution in [-0.4, -0.2) is 34.7 Å². The van der Waals surface area contributed by atoms with Gasteiger partial charge >= 0.3 is 5.97 Å². The first-order valence-corrected chi connectivity index (χ1v) is 14.6. The van der Waals surface area contributed by atoms with Crippen LogP contribution in [0.15, 0.2) is 78.9 Å². The molecule has 7 rings (SSSR count). The number of carbonyl (C=O) groups is 4. The van der Waals surface area contributed by atoms with Crippen LogP contribution in [0.2, 0.25) is 5.02 Å². The Kier molecular flexibility index (Phi) is 6.43. The zero-order valence-electron chi connectivity index (χ0n) is 22.8. The van der Waals surface area contributed by atoms with Gasteiger partial charge in [0.25, 0.3) is 0 Å². The number of nitrogens with zero attached hydrogens (tertiary/aromatic N) is 2. The summed E-state index contributed by atoms with van der Waals surface area (Å²) >= 11 is 6.03. The number of fused-ring (bicyclic) bond motifs is 6. The summed E-state index contributed by atoms with van der Waals surface area (Å²) in [6, 6.07) is 22.5. The van der Waals surface area contributed by atoms with Crippen LogP contribution in [0.4, 0.5) is 5.69 Å². The third-order valence-corrected chi connectivity index (χ3v) is 9.28. The van der Waals surface area contributed by atoms with E-state index in [0.717, 1.165) is 19.3 Å². The molecule has 1 saturated heterocycles. The van der Waals surface area contributed by atoms with E-state index in [1.54, 1.807) is 66.7 Å². The SMILES string of the molecule is C[C@@H](OC(=O)c1cc(-c2ccc(N3C(=O)[C@H]4[C@@H]5CC[C@@H](C5)[C@@H]4C3=O)cc2)nc2ccccc12)C(=O)c1cccc(Cl)c1. The van der Waals surface area contributed by atoms with Crippen molar-refractivity contribution in [3.63, 3.8) is 0 Å². The number of halogens is 1. The zero-order chi connectivity index (χ0) is 29.1. The first-order valence-electron chi connectivity index (χ1n) is 14.2. The normalized spacial score (nSPS) is 23.3. The average Bonchev–Trinajstić information content (AvgIpc) is 3.69. The number of anilines is 1. The molecule has 2 amide bonds. The van der Waals surface area contributed by atoms with Gasteiger partial charge in [0.1, 0.15) is 0 Å². The molecule has 0 N–H and O–H groups in total. The Morgan fingerprint density at radius 3 is 2.29 bits per heavy atom. The van der Waals surface area contributed by atoms with Crippen LogP contribution >= 0.6 is 11.6 Å². The third-order valence-electron chi connectivity index (χ3n) is 9.05. The highest BCUT2D eigenvalue weighted by Crippen LogP contribution is 2.56. The molecule has 3 fully saturated rings. The molecular weight excluding hydrogens is 552 g/mol. The quantitative estimate of drug-likeness (QED) is 0.147. The molecular formula is C34H27ClN2O5. The van der Waals surface area contributed by atoms with Crippen molar-refractivity contribution in [2.75, 3.05) is 4.90 Å². The van der Waals surface area contributed by atoms with E-state index in [-0.39, 0.29) is 35.0 Å². The molecule has 2 heterocycles. The Labute approximate surface area is 247 Å². The van der Waals surface area contributed by atoms with E-state index in [0.29, 0.717) is 50.3 Å². The summed E-state index contributed by atoms with van der Waals surface area (Å²) in [6.07, 6.45) is 2.02. The van der Waals surface area contributed by atoms with Crippen molar-refractivity contribution in [1.82, 2.24) is 4.98 Å². The molecule has 0 unspecified atom stereocenters. The highest BCUT2D eigenvalue weighted by Gasteiger charge is 2.61. The van der Waals surface area contributed by atoms with E-state index in [2.05, 4.69) is 0 Å². The smallest absolute Gasteiger partial charge is 0.339 e. The lowest BCUT2D eigenvalue weighted by molar-refractivity contribution is -0.123. The first-order chi connectivity index (χ1) is 20.3. The van der Waals surface area contributed by atoms with Gasteiger partial charge in [0.05, 0.1) is 34.3 Å². The Morgan fingerprint density at radius 2 is 1.60 bits per heavy atom. The van der Waals surface area contributed by atoms with Crippen LogP contribution in [-0.2, 0) is 14.3 Å². The third kappa shape index (κ3) is 4.31. The summed E-state index contributed by atoms with van der Waals surface area (Å²) in [7, 11) is 0. The molecule has 2 aliphatic carbocycles. The van der Waals surface area contributed by atoms with E-state index < -0.39 is 12.1 Å². The van der Waals surface area contributed by atoms with Crippen LogP contribution in [0, 0.1) is 23.7 Å². The van der Waals surface area contributed by atoms with Crippen LogP contribution in [0.1, 0.15) is 46.9 Å². The number of hydrogen-bond acceptors (Lipinski definition) is 6. The molecule has 0 radical (unpaired) electrons. The van der Waals surface area contributed by atoms with Crippen LogP contribution in [0.5, 0.6) is 0 Å². The standard InChI is InChI=1S/C34H27ClN2O5/c1-18(31(38)22-5-4-6-23(35)16-22)42-34(41)26-17-28(36-27-8-3-2-7-25(26)27)19-11-13-24(14-12-19)37-32(39)29-20-9-10-21(15-20)30(29)33(37)40/h2-8,11-14,16-18,20-21,29-30H,9-10,15H2,1H3/t18-,20-,21+,29+,30+/m1/s1. The number of imide groups is 1. The number of Topliss-reactive ketones (excluding diaryl/α,β-unsaturated/α-hetero) is 1. The number of benzene rings is 3. The minimum absolute atomic E-state index is 0.0831. The Morgan fingerprint density at radius 1 is 0.905 bits per heavy atom. The lowest BCUT2D eigenvalue weighted by atomic mass is 9.81. The molecule has 5 atom stereocenters. The number of ketones is 1. The van der Waals surface area contributed by atoms with Gasteiger partial charge in [0, 0.05) is 21.5 Å². The van der Waals surface area contributed by atoms with Crippen molar-refractivity contribution in [3.8, 4) is 11.3 Å². The number of hydrogen-bond donors (Lipinski definition) is 0. The van der Waals surface area contributed by atoms with Gasteiger partial charge in [-0.3, -0.25) is 19.3 Å². The molecule has 3 aliphatic rings. The minimum atomic E-state index is -1.03.